The van der Waals surface area contributed by atoms with Crippen molar-refractivity contribution in [1.82, 2.24) is 20.1 Å². The smallest absolute Gasteiger partial charge is 0.251 e. The summed E-state index contributed by atoms with van der Waals surface area (Å²) in [4.78, 5) is 25.5. The van der Waals surface area contributed by atoms with Crippen LogP contribution in [0.2, 0.25) is 10.0 Å². The lowest BCUT2D eigenvalue weighted by Crippen LogP contribution is -2.33. The van der Waals surface area contributed by atoms with Gasteiger partial charge in [0.15, 0.2) is 11.0 Å². The number of hydrogen-bond donors (Lipinski definition) is 2. The van der Waals surface area contributed by atoms with E-state index in [1.54, 1.807) is 12.1 Å². The Kier molecular flexibility index (Phi) is 9.21. The highest BCUT2D eigenvalue weighted by molar-refractivity contribution is 7.99. The van der Waals surface area contributed by atoms with Gasteiger partial charge in [-0.15, -0.1) is 10.2 Å². The van der Waals surface area contributed by atoms with Crippen molar-refractivity contribution in [3.05, 3.63) is 69.0 Å². The lowest BCUT2D eigenvalue weighted by molar-refractivity contribution is -0.113. The molecule has 0 bridgehead atoms. The molecule has 0 fully saturated rings. The molecular formula is C25H29Cl2N5O2S. The van der Waals surface area contributed by atoms with Gasteiger partial charge in [-0.1, -0.05) is 60.9 Å². The number of benzene rings is 2. The summed E-state index contributed by atoms with van der Waals surface area (Å²) < 4.78 is 1.93. The van der Waals surface area contributed by atoms with Gasteiger partial charge in [-0.25, -0.2) is 0 Å². The van der Waals surface area contributed by atoms with Crippen LogP contribution < -0.4 is 10.6 Å². The molecule has 1 aromatic heterocycles. The first kappa shape index (κ1) is 27.0. The van der Waals surface area contributed by atoms with Gasteiger partial charge in [-0.05, 0) is 62.1 Å². The summed E-state index contributed by atoms with van der Waals surface area (Å²) in [6.07, 6.45) is 0. The second kappa shape index (κ2) is 11.9. The largest absolute Gasteiger partial charge is 0.342 e. The molecule has 0 aliphatic heterocycles. The van der Waals surface area contributed by atoms with Crippen LogP contribution in [-0.4, -0.2) is 32.3 Å². The number of nitrogens with zero attached hydrogens (tertiary/aromatic N) is 3. The minimum atomic E-state index is -0.387. The first-order valence-electron chi connectivity index (χ1n) is 11.3. The van der Waals surface area contributed by atoms with Crippen LogP contribution in [0.4, 0.5) is 5.69 Å². The second-order valence-corrected chi connectivity index (χ2v) is 10.3. The van der Waals surface area contributed by atoms with Crippen LogP contribution >= 0.6 is 35.0 Å². The van der Waals surface area contributed by atoms with Crippen LogP contribution in [0.1, 0.15) is 54.1 Å². The van der Waals surface area contributed by atoms with E-state index >= 15 is 0 Å². The molecule has 0 saturated carbocycles. The van der Waals surface area contributed by atoms with Gasteiger partial charge in [0.05, 0.1) is 21.8 Å². The van der Waals surface area contributed by atoms with Crippen molar-refractivity contribution in [1.29, 1.82) is 0 Å². The standard InChI is InChI=1S/C25H29Cl2N5O2S/c1-6-32-23(22(14(2)3)29-24(34)17-9-10-18(26)19(27)12-17)30-31-25(32)35-13-21(33)28-20-11-15(4)7-8-16(20)5/h7-12,14,22H,6,13H2,1-5H3,(H,28,33)(H,29,34)/t22-/m0/s1. The topological polar surface area (TPSA) is 88.9 Å². The SMILES string of the molecule is CCn1c(SCC(=O)Nc2cc(C)ccc2C)nnc1[C@@H](NC(=O)c1ccc(Cl)c(Cl)c1)C(C)C. The van der Waals surface area contributed by atoms with Crippen LogP contribution in [0, 0.1) is 19.8 Å². The molecule has 1 heterocycles. The van der Waals surface area contributed by atoms with Crippen LogP contribution in [-0.2, 0) is 11.3 Å². The monoisotopic (exact) mass is 533 g/mol. The molecule has 0 aliphatic rings. The van der Waals surface area contributed by atoms with E-state index in [0.717, 1.165) is 16.8 Å². The summed E-state index contributed by atoms with van der Waals surface area (Å²) in [5.74, 6) is 0.460. The van der Waals surface area contributed by atoms with Gasteiger partial charge < -0.3 is 15.2 Å². The quantitative estimate of drug-likeness (QED) is 0.325. The maximum atomic E-state index is 12.9. The molecule has 7 nitrogen and oxygen atoms in total. The number of thioether (sulfide) groups is 1. The Hall–Kier alpha value is -2.55. The van der Waals surface area contributed by atoms with Gasteiger partial charge in [-0.2, -0.15) is 0 Å². The first-order chi connectivity index (χ1) is 16.6. The third-order valence-electron chi connectivity index (χ3n) is 5.47. The Labute approximate surface area is 220 Å². The average molecular weight is 535 g/mol. The van der Waals surface area contributed by atoms with Gasteiger partial charge in [0.25, 0.3) is 5.91 Å². The van der Waals surface area contributed by atoms with Crippen molar-refractivity contribution in [2.24, 2.45) is 5.92 Å². The molecule has 2 aromatic carbocycles. The summed E-state index contributed by atoms with van der Waals surface area (Å²) in [5, 5.41) is 16.0. The first-order valence-corrected chi connectivity index (χ1v) is 13.0. The number of rotatable bonds is 9. The number of carbonyl (C=O) groups is 2. The van der Waals surface area contributed by atoms with Crippen LogP contribution in [0.25, 0.3) is 0 Å². The predicted octanol–water partition coefficient (Wildman–Crippen LogP) is 6.08. The zero-order valence-corrected chi connectivity index (χ0v) is 22.7. The minimum Gasteiger partial charge on any atom is -0.342 e. The Bertz CT molecular complexity index is 1230. The van der Waals surface area contributed by atoms with E-state index in [2.05, 4.69) is 20.8 Å². The molecule has 1 atom stereocenters. The maximum absolute atomic E-state index is 12.9. The molecule has 0 radical (unpaired) electrons. The Morgan fingerprint density at radius 1 is 1.06 bits per heavy atom. The number of aromatic nitrogens is 3. The van der Waals surface area contributed by atoms with Gasteiger partial charge in [-0.3, -0.25) is 9.59 Å². The molecule has 0 saturated heterocycles. The highest BCUT2D eigenvalue weighted by atomic mass is 35.5. The number of anilines is 1. The maximum Gasteiger partial charge on any atom is 0.251 e. The number of hydrogen-bond acceptors (Lipinski definition) is 5. The Morgan fingerprint density at radius 3 is 2.46 bits per heavy atom. The number of carbonyl (C=O) groups excluding carboxylic acids is 2. The highest BCUT2D eigenvalue weighted by Gasteiger charge is 2.26. The van der Waals surface area contributed by atoms with E-state index in [1.807, 2.05) is 57.4 Å². The third kappa shape index (κ3) is 6.78. The van der Waals surface area contributed by atoms with Crippen molar-refractivity contribution in [3.63, 3.8) is 0 Å². The summed E-state index contributed by atoms with van der Waals surface area (Å²) in [5.41, 5.74) is 3.30. The number of nitrogens with one attached hydrogen (secondary N) is 2. The van der Waals surface area contributed by atoms with E-state index < -0.39 is 0 Å². The summed E-state index contributed by atoms with van der Waals surface area (Å²) in [6.45, 7) is 10.5. The molecular weight excluding hydrogens is 505 g/mol. The molecule has 3 aromatic rings. The zero-order chi connectivity index (χ0) is 25.7. The molecule has 186 valence electrons. The van der Waals surface area contributed by atoms with Crippen molar-refractivity contribution in [2.75, 3.05) is 11.1 Å². The van der Waals surface area contributed by atoms with E-state index in [0.29, 0.717) is 33.1 Å². The number of aryl methyl sites for hydroxylation is 2. The van der Waals surface area contributed by atoms with Gasteiger partial charge >= 0.3 is 0 Å². The Morgan fingerprint density at radius 2 is 1.80 bits per heavy atom. The van der Waals surface area contributed by atoms with Crippen LogP contribution in [0.5, 0.6) is 0 Å². The molecule has 0 spiro atoms. The number of halogens is 2. The van der Waals surface area contributed by atoms with Crippen LogP contribution in [0.3, 0.4) is 0 Å². The summed E-state index contributed by atoms with van der Waals surface area (Å²) >= 11 is 13.4. The normalized spacial score (nSPS) is 12.0. The lowest BCUT2D eigenvalue weighted by Gasteiger charge is -2.22. The van der Waals surface area contributed by atoms with Crippen LogP contribution in [0.15, 0.2) is 41.6 Å². The van der Waals surface area contributed by atoms with Gasteiger partial charge in [0.2, 0.25) is 5.91 Å². The van der Waals surface area contributed by atoms with E-state index in [-0.39, 0.29) is 29.5 Å². The molecule has 10 heteroatoms. The molecule has 3 rings (SSSR count). The molecule has 0 aliphatic carbocycles. The predicted molar refractivity (Wildman–Crippen MR) is 142 cm³/mol. The van der Waals surface area contributed by atoms with Crippen molar-refractivity contribution >= 4 is 52.5 Å². The van der Waals surface area contributed by atoms with Crippen molar-refractivity contribution in [2.45, 2.75) is 52.4 Å². The zero-order valence-electron chi connectivity index (χ0n) is 20.4. The molecule has 2 N–H and O–H groups in total. The molecule has 0 unspecified atom stereocenters. The molecule has 35 heavy (non-hydrogen) atoms. The second-order valence-electron chi connectivity index (χ2n) is 8.56. The van der Waals surface area contributed by atoms with Gasteiger partial charge in [0.1, 0.15) is 0 Å². The van der Waals surface area contributed by atoms with E-state index in [4.69, 9.17) is 23.2 Å². The minimum absolute atomic E-state index is 0.0432. The van der Waals surface area contributed by atoms with Gasteiger partial charge in [0, 0.05) is 17.8 Å². The summed E-state index contributed by atoms with van der Waals surface area (Å²) in [7, 11) is 0. The van der Waals surface area contributed by atoms with E-state index in [9.17, 15) is 9.59 Å². The summed E-state index contributed by atoms with van der Waals surface area (Å²) in [6, 6.07) is 10.3. The molecule has 2 amide bonds. The highest BCUT2D eigenvalue weighted by Crippen LogP contribution is 2.27. The fraction of sp³-hybridized carbons (Fsp3) is 0.360. The lowest BCUT2D eigenvalue weighted by atomic mass is 10.0. The van der Waals surface area contributed by atoms with Crippen molar-refractivity contribution < 1.29 is 9.59 Å². The number of amides is 2. The fourth-order valence-electron chi connectivity index (χ4n) is 3.51. The van der Waals surface area contributed by atoms with Crippen molar-refractivity contribution in [3.8, 4) is 0 Å². The fourth-order valence-corrected chi connectivity index (χ4v) is 4.62. The third-order valence-corrected chi connectivity index (χ3v) is 7.18. The Balaban J connectivity index is 1.73. The average Bonchev–Trinajstić information content (AvgIpc) is 3.22. The van der Waals surface area contributed by atoms with E-state index in [1.165, 1.54) is 17.8 Å².